The molecule has 0 spiro atoms. The molecule has 1 aromatic carbocycles. The number of phenolic OH excluding ortho intramolecular Hbond substituents is 1. The molecule has 2 aromatic heterocycles. The number of pyridine rings is 1. The van der Waals surface area contributed by atoms with Crippen LogP contribution < -0.4 is 15.8 Å². The van der Waals surface area contributed by atoms with E-state index < -0.39 is 12.0 Å². The molecule has 1 aliphatic carbocycles. The minimum atomic E-state index is -0.976. The average Bonchev–Trinajstić information content (AvgIpc) is 3.71. The zero-order valence-electron chi connectivity index (χ0n) is 19.9. The van der Waals surface area contributed by atoms with Gasteiger partial charge in [-0.05, 0) is 49.8 Å². The Kier molecular flexibility index (Phi) is 5.70. The number of benzene rings is 1. The first-order valence-corrected chi connectivity index (χ1v) is 12.5. The lowest BCUT2D eigenvalue weighted by molar-refractivity contribution is 0.104. The van der Waals surface area contributed by atoms with E-state index in [9.17, 15) is 14.3 Å². The molecule has 2 bridgehead atoms. The van der Waals surface area contributed by atoms with Crippen molar-refractivity contribution in [1.82, 2.24) is 25.1 Å². The third-order valence-corrected chi connectivity index (χ3v) is 7.64. The zero-order valence-corrected chi connectivity index (χ0v) is 19.9. The highest BCUT2D eigenvalue weighted by molar-refractivity contribution is 5.73. The summed E-state index contributed by atoms with van der Waals surface area (Å²) >= 11 is 0. The fourth-order valence-corrected chi connectivity index (χ4v) is 5.65. The lowest BCUT2D eigenvalue weighted by atomic mass is 9.82. The summed E-state index contributed by atoms with van der Waals surface area (Å²) in [5.74, 6) is 0.0326. The number of alkyl halides is 1. The number of fused-ring (bicyclic) bond motifs is 2. The number of aryl methyl sites for hydroxylation is 1. The number of hydrogen-bond donors (Lipinski definition) is 2. The summed E-state index contributed by atoms with van der Waals surface area (Å²) in [6.07, 6.45) is 7.44. The van der Waals surface area contributed by atoms with Crippen molar-refractivity contribution in [2.24, 2.45) is 7.05 Å². The molecule has 0 radical (unpaired) electrons. The van der Waals surface area contributed by atoms with Crippen LogP contribution in [-0.4, -0.2) is 55.2 Å². The van der Waals surface area contributed by atoms with E-state index in [1.807, 2.05) is 0 Å². The Balaban J connectivity index is 1.27. The Morgan fingerprint density at radius 2 is 1.97 bits per heavy atom. The number of piperidine rings is 2. The highest BCUT2D eigenvalue weighted by Gasteiger charge is 2.46. The SMILES string of the molecule is Cn1cc(F)c(-c2ccc(-c3ncc(N(C4CC4)[C@H]4C[C@@H]5CCC[C@@H](N5)[C@H]4F)nn3)c(O)c2)cc1=O. The molecule has 8 nitrogen and oxygen atoms in total. The summed E-state index contributed by atoms with van der Waals surface area (Å²) in [6, 6.07) is 5.94. The minimum Gasteiger partial charge on any atom is -0.507 e. The third kappa shape index (κ3) is 4.13. The van der Waals surface area contributed by atoms with Gasteiger partial charge in [0.2, 0.25) is 0 Å². The van der Waals surface area contributed by atoms with Crippen LogP contribution in [0.25, 0.3) is 22.5 Å². The Morgan fingerprint density at radius 1 is 1.14 bits per heavy atom. The predicted molar refractivity (Wildman–Crippen MR) is 131 cm³/mol. The Hall–Kier alpha value is -3.40. The summed E-state index contributed by atoms with van der Waals surface area (Å²) in [5, 5.41) is 22.7. The van der Waals surface area contributed by atoms with Gasteiger partial charge in [-0.15, -0.1) is 10.2 Å². The van der Waals surface area contributed by atoms with Crippen molar-refractivity contribution in [2.45, 2.75) is 68.9 Å². The monoisotopic (exact) mass is 494 g/mol. The molecule has 2 aliphatic heterocycles. The van der Waals surface area contributed by atoms with Gasteiger partial charge in [-0.1, -0.05) is 12.5 Å². The van der Waals surface area contributed by atoms with Crippen LogP contribution in [-0.2, 0) is 7.05 Å². The molecule has 6 rings (SSSR count). The smallest absolute Gasteiger partial charge is 0.251 e. The number of aromatic nitrogens is 4. The van der Waals surface area contributed by atoms with Crippen LogP contribution in [0.15, 0.2) is 41.5 Å². The van der Waals surface area contributed by atoms with Gasteiger partial charge < -0.3 is 19.9 Å². The summed E-state index contributed by atoms with van der Waals surface area (Å²) < 4.78 is 31.0. The lowest BCUT2D eigenvalue weighted by Gasteiger charge is -2.47. The van der Waals surface area contributed by atoms with Gasteiger partial charge >= 0.3 is 0 Å². The molecule has 3 fully saturated rings. The van der Waals surface area contributed by atoms with Gasteiger partial charge in [0.05, 0.1) is 17.8 Å². The maximum atomic E-state index is 15.4. The van der Waals surface area contributed by atoms with E-state index in [0.717, 1.165) is 49.3 Å². The van der Waals surface area contributed by atoms with Crippen molar-refractivity contribution in [3.05, 3.63) is 52.8 Å². The lowest BCUT2D eigenvalue weighted by Crippen LogP contribution is -2.62. The van der Waals surface area contributed by atoms with E-state index in [2.05, 4.69) is 25.4 Å². The minimum absolute atomic E-state index is 0.0990. The third-order valence-electron chi connectivity index (χ3n) is 7.64. The van der Waals surface area contributed by atoms with Crippen molar-refractivity contribution in [2.75, 3.05) is 4.90 Å². The fraction of sp³-hybridized carbons (Fsp3) is 0.462. The molecule has 10 heteroatoms. The number of halogens is 2. The van der Waals surface area contributed by atoms with Gasteiger partial charge in [-0.25, -0.2) is 13.8 Å². The molecule has 3 aromatic rings. The molecule has 2 saturated heterocycles. The highest BCUT2D eigenvalue weighted by atomic mass is 19.1. The fourth-order valence-electron chi connectivity index (χ4n) is 5.65. The first kappa shape index (κ1) is 23.0. The van der Waals surface area contributed by atoms with E-state index >= 15 is 4.39 Å². The Morgan fingerprint density at radius 3 is 2.69 bits per heavy atom. The second-order valence-corrected chi connectivity index (χ2v) is 10.1. The van der Waals surface area contributed by atoms with Gasteiger partial charge in [-0.2, -0.15) is 0 Å². The van der Waals surface area contributed by atoms with Gasteiger partial charge in [-0.3, -0.25) is 4.79 Å². The molecule has 3 aliphatic rings. The van der Waals surface area contributed by atoms with Crippen LogP contribution in [0.4, 0.5) is 14.6 Å². The average molecular weight is 495 g/mol. The van der Waals surface area contributed by atoms with E-state index in [1.54, 1.807) is 18.3 Å². The highest BCUT2D eigenvalue weighted by Crippen LogP contribution is 2.39. The number of anilines is 1. The van der Waals surface area contributed by atoms with Crippen molar-refractivity contribution in [1.29, 1.82) is 0 Å². The van der Waals surface area contributed by atoms with Gasteiger partial charge in [0.25, 0.3) is 5.56 Å². The second kappa shape index (κ2) is 8.92. The van der Waals surface area contributed by atoms with Crippen molar-refractivity contribution >= 4 is 5.82 Å². The number of phenols is 1. The molecule has 0 amide bonds. The molecule has 188 valence electrons. The normalized spacial score (nSPS) is 25.5. The summed E-state index contributed by atoms with van der Waals surface area (Å²) in [4.78, 5) is 18.5. The number of aromatic hydroxyl groups is 1. The zero-order chi connectivity index (χ0) is 25.0. The maximum absolute atomic E-state index is 15.4. The first-order chi connectivity index (χ1) is 17.4. The molecule has 4 atom stereocenters. The van der Waals surface area contributed by atoms with Gasteiger partial charge in [0.15, 0.2) is 11.6 Å². The van der Waals surface area contributed by atoms with Crippen molar-refractivity contribution in [3.63, 3.8) is 0 Å². The summed E-state index contributed by atoms with van der Waals surface area (Å²) in [6.45, 7) is 0. The molecular weight excluding hydrogens is 466 g/mol. The Bertz CT molecular complexity index is 1340. The molecular formula is C26H28F2N6O2. The van der Waals surface area contributed by atoms with Crippen LogP contribution in [0, 0.1) is 5.82 Å². The number of hydrogen-bond acceptors (Lipinski definition) is 7. The second-order valence-electron chi connectivity index (χ2n) is 10.1. The predicted octanol–water partition coefficient (Wildman–Crippen LogP) is 3.34. The summed E-state index contributed by atoms with van der Waals surface area (Å²) in [7, 11) is 1.47. The van der Waals surface area contributed by atoms with Gasteiger partial charge in [0.1, 0.15) is 17.7 Å². The van der Waals surface area contributed by atoms with E-state index in [4.69, 9.17) is 0 Å². The van der Waals surface area contributed by atoms with Crippen molar-refractivity contribution < 1.29 is 13.9 Å². The molecule has 0 unspecified atom stereocenters. The van der Waals surface area contributed by atoms with Crippen LogP contribution >= 0.6 is 0 Å². The molecule has 1 saturated carbocycles. The quantitative estimate of drug-likeness (QED) is 0.562. The largest absolute Gasteiger partial charge is 0.507 e. The maximum Gasteiger partial charge on any atom is 0.251 e. The molecule has 36 heavy (non-hydrogen) atoms. The van der Waals surface area contributed by atoms with Gasteiger partial charge in [0, 0.05) is 43.0 Å². The first-order valence-electron chi connectivity index (χ1n) is 12.5. The van der Waals surface area contributed by atoms with Crippen LogP contribution in [0.1, 0.15) is 38.5 Å². The topological polar surface area (TPSA) is 96.2 Å². The Labute approximate surface area is 207 Å². The molecule has 2 N–H and O–H groups in total. The summed E-state index contributed by atoms with van der Waals surface area (Å²) in [5.41, 5.74) is 0.439. The molecule has 4 heterocycles. The van der Waals surface area contributed by atoms with Crippen LogP contribution in [0.2, 0.25) is 0 Å². The van der Waals surface area contributed by atoms with E-state index in [-0.39, 0.29) is 40.8 Å². The van der Waals surface area contributed by atoms with E-state index in [1.165, 1.54) is 19.2 Å². The standard InChI is InChI=1S/C26H28F2N6O2/c1-33-13-19(27)18(11-24(33)36)14-5-8-17(22(35)9-14)26-29-12-23(31-32-26)34(16-6-7-16)21-10-15-3-2-4-20(30-15)25(21)28/h5,8-9,11-13,15-16,20-21,25,30,35H,2-4,6-7,10H2,1H3/t15-,20+,21-,25+/m0/s1. The van der Waals surface area contributed by atoms with Crippen molar-refractivity contribution in [3.8, 4) is 28.3 Å². The number of nitrogens with zero attached hydrogens (tertiary/aromatic N) is 5. The van der Waals surface area contributed by atoms with E-state index in [0.29, 0.717) is 23.0 Å². The van der Waals surface area contributed by atoms with Crippen LogP contribution in [0.3, 0.4) is 0 Å². The van der Waals surface area contributed by atoms with Crippen LogP contribution in [0.5, 0.6) is 5.75 Å². The number of rotatable bonds is 5. The number of nitrogens with one attached hydrogen (secondary N) is 1.